The zero-order chi connectivity index (χ0) is 22.0. The lowest BCUT2D eigenvalue weighted by atomic mass is 10.1. The molecule has 7 nitrogen and oxygen atoms in total. The van der Waals surface area contributed by atoms with Crippen LogP contribution in [0.4, 0.5) is 13.2 Å². The van der Waals surface area contributed by atoms with E-state index in [4.69, 9.17) is 9.47 Å². The van der Waals surface area contributed by atoms with Crippen LogP contribution in [0.3, 0.4) is 0 Å². The van der Waals surface area contributed by atoms with Crippen molar-refractivity contribution in [1.82, 2.24) is 20.3 Å². The van der Waals surface area contributed by atoms with Crippen molar-refractivity contribution >= 4 is 17.2 Å². The maximum atomic E-state index is 12.9. The van der Waals surface area contributed by atoms with Crippen molar-refractivity contribution < 1.29 is 27.4 Å². The summed E-state index contributed by atoms with van der Waals surface area (Å²) in [7, 11) is 0. The lowest BCUT2D eigenvalue weighted by Gasteiger charge is -2.28. The summed E-state index contributed by atoms with van der Waals surface area (Å²) in [5.74, 6) is -1.46. The molecule has 0 spiro atoms. The summed E-state index contributed by atoms with van der Waals surface area (Å²) in [5.41, 5.74) is 0.903. The molecule has 2 aromatic heterocycles. The molecule has 0 bridgehead atoms. The van der Waals surface area contributed by atoms with E-state index in [1.54, 1.807) is 24.4 Å². The summed E-state index contributed by atoms with van der Waals surface area (Å²) in [6, 6.07) is 6.38. The molecule has 0 radical (unpaired) electrons. The molecule has 0 aliphatic carbocycles. The predicted molar refractivity (Wildman–Crippen MR) is 105 cm³/mol. The average Bonchev–Trinajstić information content (AvgIpc) is 3.14. The van der Waals surface area contributed by atoms with Crippen LogP contribution in [0.2, 0.25) is 0 Å². The molecule has 1 unspecified atom stereocenters. The summed E-state index contributed by atoms with van der Waals surface area (Å²) in [4.78, 5) is 24.9. The second-order valence-electron chi connectivity index (χ2n) is 6.72. The molecule has 11 heteroatoms. The van der Waals surface area contributed by atoms with Gasteiger partial charge in [0.05, 0.1) is 30.0 Å². The van der Waals surface area contributed by atoms with Gasteiger partial charge in [-0.25, -0.2) is 15.0 Å². The maximum Gasteiger partial charge on any atom is 0.451 e. The van der Waals surface area contributed by atoms with Gasteiger partial charge in [0, 0.05) is 23.7 Å². The first kappa shape index (κ1) is 21.2. The highest BCUT2D eigenvalue weighted by Gasteiger charge is 2.34. The van der Waals surface area contributed by atoms with E-state index in [0.717, 1.165) is 11.1 Å². The van der Waals surface area contributed by atoms with Crippen LogP contribution in [0, 0.1) is 6.92 Å². The number of aromatic nitrogens is 3. The Morgan fingerprint density at radius 2 is 2.13 bits per heavy atom. The molecule has 1 fully saturated rings. The maximum absolute atomic E-state index is 12.9. The number of para-hydroxylation sites is 1. The molecule has 162 valence electrons. The van der Waals surface area contributed by atoms with Gasteiger partial charge in [-0.1, -0.05) is 6.07 Å². The van der Waals surface area contributed by atoms with Crippen LogP contribution in [0.25, 0.3) is 10.6 Å². The number of rotatable bonds is 6. The van der Waals surface area contributed by atoms with Crippen LogP contribution >= 0.6 is 11.3 Å². The van der Waals surface area contributed by atoms with Gasteiger partial charge in [0.2, 0.25) is 12.1 Å². The highest BCUT2D eigenvalue weighted by molar-refractivity contribution is 7.15. The van der Waals surface area contributed by atoms with Gasteiger partial charge in [-0.3, -0.25) is 4.79 Å². The highest BCUT2D eigenvalue weighted by Crippen LogP contribution is 2.37. The SMILES string of the molecule is Cc1cnc(-c2cccc(C(=O)NCc3ccnc(C(F)(F)F)n3)c2OC2CCO2)s1. The molecule has 1 aliphatic heterocycles. The molecule has 1 amide bonds. The highest BCUT2D eigenvalue weighted by atomic mass is 32.1. The van der Waals surface area contributed by atoms with Crippen molar-refractivity contribution in [1.29, 1.82) is 0 Å². The molecule has 1 aromatic carbocycles. The Kier molecular flexibility index (Phi) is 5.88. The first-order valence-corrected chi connectivity index (χ1v) is 10.1. The fraction of sp³-hybridized carbons (Fsp3) is 0.300. The van der Waals surface area contributed by atoms with Gasteiger partial charge < -0.3 is 14.8 Å². The van der Waals surface area contributed by atoms with Crippen molar-refractivity contribution in [3.8, 4) is 16.3 Å². The quantitative estimate of drug-likeness (QED) is 0.611. The zero-order valence-corrected chi connectivity index (χ0v) is 17.1. The minimum absolute atomic E-state index is 0.0344. The summed E-state index contributed by atoms with van der Waals surface area (Å²) in [6.45, 7) is 2.29. The van der Waals surface area contributed by atoms with Gasteiger partial charge in [0.25, 0.3) is 5.91 Å². The van der Waals surface area contributed by atoms with Crippen LogP contribution in [-0.2, 0) is 17.5 Å². The topological polar surface area (TPSA) is 86.2 Å². The first-order chi connectivity index (χ1) is 14.8. The molecule has 1 N–H and O–H groups in total. The predicted octanol–water partition coefficient (Wildman–Crippen LogP) is 3.98. The molecular weight excluding hydrogens is 433 g/mol. The lowest BCUT2D eigenvalue weighted by molar-refractivity contribution is -0.165. The molecule has 31 heavy (non-hydrogen) atoms. The van der Waals surface area contributed by atoms with E-state index in [-0.39, 0.29) is 17.8 Å². The zero-order valence-electron chi connectivity index (χ0n) is 16.3. The van der Waals surface area contributed by atoms with Crippen LogP contribution in [0.1, 0.15) is 33.2 Å². The number of amides is 1. The van der Waals surface area contributed by atoms with Gasteiger partial charge in [-0.05, 0) is 25.1 Å². The van der Waals surface area contributed by atoms with Crippen molar-refractivity contribution in [2.24, 2.45) is 0 Å². The Morgan fingerprint density at radius 3 is 2.77 bits per heavy atom. The number of carbonyl (C=O) groups is 1. The first-order valence-electron chi connectivity index (χ1n) is 9.32. The number of hydrogen-bond donors (Lipinski definition) is 1. The Balaban J connectivity index is 1.58. The fourth-order valence-electron chi connectivity index (χ4n) is 2.83. The second-order valence-corrected chi connectivity index (χ2v) is 7.95. The average molecular weight is 450 g/mol. The van der Waals surface area contributed by atoms with Crippen LogP contribution < -0.4 is 10.1 Å². The number of nitrogens with zero attached hydrogens (tertiary/aromatic N) is 3. The number of carbonyl (C=O) groups excluding carboxylic acids is 1. The molecule has 0 saturated carbocycles. The van der Waals surface area contributed by atoms with Gasteiger partial charge in [0.15, 0.2) is 0 Å². The van der Waals surface area contributed by atoms with Crippen molar-refractivity contribution in [3.63, 3.8) is 0 Å². The van der Waals surface area contributed by atoms with Crippen LogP contribution in [0.5, 0.6) is 5.75 Å². The number of thiazole rings is 1. The normalized spacial score (nSPS) is 15.9. The van der Waals surface area contributed by atoms with Gasteiger partial charge in [0.1, 0.15) is 10.8 Å². The van der Waals surface area contributed by atoms with Crippen molar-refractivity contribution in [2.75, 3.05) is 6.61 Å². The Hall–Kier alpha value is -3.05. The van der Waals surface area contributed by atoms with E-state index < -0.39 is 24.2 Å². The summed E-state index contributed by atoms with van der Waals surface area (Å²) in [5, 5.41) is 3.28. The summed E-state index contributed by atoms with van der Waals surface area (Å²) < 4.78 is 49.7. The molecule has 4 rings (SSSR count). The van der Waals surface area contributed by atoms with E-state index >= 15 is 0 Å². The number of alkyl halides is 3. The summed E-state index contributed by atoms with van der Waals surface area (Å²) in [6.07, 6.45) is -1.71. The van der Waals surface area contributed by atoms with Crippen molar-refractivity contribution in [2.45, 2.75) is 32.4 Å². The van der Waals surface area contributed by atoms with E-state index in [2.05, 4.69) is 20.3 Å². The number of benzene rings is 1. The van der Waals surface area contributed by atoms with Crippen LogP contribution in [-0.4, -0.2) is 33.8 Å². The van der Waals surface area contributed by atoms with Crippen molar-refractivity contribution in [3.05, 3.63) is 58.6 Å². The summed E-state index contributed by atoms with van der Waals surface area (Å²) >= 11 is 1.46. The number of halogens is 3. The standard InChI is InChI=1S/C20H17F3N4O3S/c1-11-9-26-18(31-11)14-4-2-3-13(16(14)30-15-6-8-29-15)17(28)25-10-12-5-7-24-19(27-12)20(21,22)23/h2-5,7,9,15H,6,8,10H2,1H3,(H,25,28). The largest absolute Gasteiger partial charge is 0.463 e. The number of hydrogen-bond acceptors (Lipinski definition) is 7. The third-order valence-corrected chi connectivity index (χ3v) is 5.36. The minimum Gasteiger partial charge on any atom is -0.463 e. The lowest BCUT2D eigenvalue weighted by Crippen LogP contribution is -2.33. The monoisotopic (exact) mass is 450 g/mol. The Bertz CT molecular complexity index is 1100. The Morgan fingerprint density at radius 1 is 1.32 bits per heavy atom. The minimum atomic E-state index is -4.66. The van der Waals surface area contributed by atoms with E-state index in [0.29, 0.717) is 29.3 Å². The number of nitrogens with one attached hydrogen (secondary N) is 1. The molecule has 3 aromatic rings. The molecular formula is C20H17F3N4O3S. The molecule has 1 aliphatic rings. The molecule has 1 atom stereocenters. The van der Waals surface area contributed by atoms with Gasteiger partial charge in [-0.2, -0.15) is 13.2 Å². The molecule has 3 heterocycles. The van der Waals surface area contributed by atoms with E-state index in [1.165, 1.54) is 17.4 Å². The van der Waals surface area contributed by atoms with Crippen LogP contribution in [0.15, 0.2) is 36.7 Å². The van der Waals surface area contributed by atoms with E-state index in [9.17, 15) is 18.0 Å². The number of aryl methyl sites for hydroxylation is 1. The van der Waals surface area contributed by atoms with E-state index in [1.807, 2.05) is 6.92 Å². The molecule has 1 saturated heterocycles. The second kappa shape index (κ2) is 8.60. The van der Waals surface area contributed by atoms with Gasteiger partial charge in [-0.15, -0.1) is 11.3 Å². The fourth-order valence-corrected chi connectivity index (χ4v) is 3.61. The third-order valence-electron chi connectivity index (χ3n) is 4.41. The third kappa shape index (κ3) is 4.83. The smallest absolute Gasteiger partial charge is 0.451 e. The number of ether oxygens (including phenoxy) is 2. The van der Waals surface area contributed by atoms with Gasteiger partial charge >= 0.3 is 6.18 Å². The Labute approximate surface area is 179 Å².